The Labute approximate surface area is 327 Å². The van der Waals surface area contributed by atoms with Crippen LogP contribution in [0.1, 0.15) is 0 Å². The van der Waals surface area contributed by atoms with Crippen molar-refractivity contribution in [3.05, 3.63) is 231 Å². The molecule has 0 bridgehead atoms. The van der Waals surface area contributed by atoms with Crippen molar-refractivity contribution in [2.45, 2.75) is 0 Å². The zero-order chi connectivity index (χ0) is 37.3. The highest BCUT2D eigenvalue weighted by atomic mass is 15.1. The van der Waals surface area contributed by atoms with Crippen molar-refractivity contribution in [2.75, 3.05) is 4.90 Å². The molecule has 0 fully saturated rings. The van der Waals surface area contributed by atoms with Crippen LogP contribution in [0, 0.1) is 0 Å². The highest BCUT2D eigenvalue weighted by Crippen LogP contribution is 2.44. The van der Waals surface area contributed by atoms with E-state index in [9.17, 15) is 0 Å². The summed E-state index contributed by atoms with van der Waals surface area (Å²) in [4.78, 5) is 2.41. The van der Waals surface area contributed by atoms with Gasteiger partial charge in [-0.1, -0.05) is 176 Å². The van der Waals surface area contributed by atoms with Crippen LogP contribution in [0.3, 0.4) is 0 Å². The molecule has 56 heavy (non-hydrogen) atoms. The second-order valence-electron chi connectivity index (χ2n) is 14.2. The molecule has 1 heterocycles. The Morgan fingerprint density at radius 3 is 1.09 bits per heavy atom. The SMILES string of the molecule is c1ccc(-c2ccc(-c3ccc(N(c4ccc(-c5ccccc5)cc4)c4cccc5c4c4ccccc4n5-c4ccc(-c5ccccc5)cc4)cc3)cc2)cc1. The van der Waals surface area contributed by atoms with E-state index in [0.717, 1.165) is 28.3 Å². The molecule has 0 amide bonds. The van der Waals surface area contributed by atoms with E-state index in [4.69, 9.17) is 0 Å². The van der Waals surface area contributed by atoms with Crippen LogP contribution >= 0.6 is 0 Å². The van der Waals surface area contributed by atoms with Crippen molar-refractivity contribution in [3.63, 3.8) is 0 Å². The standard InChI is InChI=1S/C54H38N2/c1-4-13-39(14-5-1)42-23-25-43(26-24-42)46-29-35-48(36-30-46)55(47-33-27-44(28-34-47)40-15-6-2-7-16-40)52-21-12-22-53-54(52)50-19-10-11-20-51(50)56(53)49-37-31-45(32-38-49)41-17-8-3-9-18-41/h1-38H. The molecule has 0 aliphatic carbocycles. The Morgan fingerprint density at radius 2 is 0.625 bits per heavy atom. The average Bonchev–Trinajstić information content (AvgIpc) is 3.63. The summed E-state index contributed by atoms with van der Waals surface area (Å²) in [6, 6.07) is 83.0. The minimum Gasteiger partial charge on any atom is -0.310 e. The zero-order valence-electron chi connectivity index (χ0n) is 30.8. The maximum absolute atomic E-state index is 2.41. The molecule has 10 aromatic rings. The number of anilines is 3. The predicted octanol–water partition coefficient (Wildman–Crippen LogP) is 14.9. The lowest BCUT2D eigenvalue weighted by Crippen LogP contribution is -2.10. The summed E-state index contributed by atoms with van der Waals surface area (Å²) in [5, 5.41) is 2.43. The number of rotatable bonds is 8. The van der Waals surface area contributed by atoms with Gasteiger partial charge in [0.2, 0.25) is 0 Å². The largest absolute Gasteiger partial charge is 0.310 e. The molecule has 0 aliphatic rings. The second-order valence-corrected chi connectivity index (χ2v) is 14.2. The summed E-state index contributed by atoms with van der Waals surface area (Å²) in [5.41, 5.74) is 16.4. The van der Waals surface area contributed by atoms with Crippen LogP contribution in [0.5, 0.6) is 0 Å². The first-order valence-electron chi connectivity index (χ1n) is 19.2. The van der Waals surface area contributed by atoms with Crippen molar-refractivity contribution >= 4 is 38.9 Å². The van der Waals surface area contributed by atoms with Crippen LogP contribution in [-0.4, -0.2) is 4.57 Å². The Morgan fingerprint density at radius 1 is 0.268 bits per heavy atom. The van der Waals surface area contributed by atoms with E-state index in [-0.39, 0.29) is 0 Å². The molecule has 1 aromatic heterocycles. The number of hydrogen-bond acceptors (Lipinski definition) is 1. The molecule has 0 aliphatic heterocycles. The van der Waals surface area contributed by atoms with Crippen LogP contribution in [0.2, 0.25) is 0 Å². The lowest BCUT2D eigenvalue weighted by atomic mass is 10.00. The van der Waals surface area contributed by atoms with Crippen LogP contribution in [0.25, 0.3) is 72.0 Å². The monoisotopic (exact) mass is 714 g/mol. The van der Waals surface area contributed by atoms with Crippen LogP contribution in [0.15, 0.2) is 231 Å². The van der Waals surface area contributed by atoms with E-state index < -0.39 is 0 Å². The fourth-order valence-electron chi connectivity index (χ4n) is 8.05. The molecule has 264 valence electrons. The second kappa shape index (κ2) is 14.4. The summed E-state index contributed by atoms with van der Waals surface area (Å²) >= 11 is 0. The van der Waals surface area contributed by atoms with Gasteiger partial charge < -0.3 is 9.47 Å². The maximum atomic E-state index is 2.41. The van der Waals surface area contributed by atoms with E-state index in [1.165, 1.54) is 60.8 Å². The molecule has 0 saturated carbocycles. The van der Waals surface area contributed by atoms with Gasteiger partial charge in [-0.3, -0.25) is 0 Å². The number of aromatic nitrogens is 1. The summed E-state index contributed by atoms with van der Waals surface area (Å²) in [5.74, 6) is 0. The number of nitrogens with zero attached hydrogens (tertiary/aromatic N) is 2. The third-order valence-electron chi connectivity index (χ3n) is 10.8. The number of para-hydroxylation sites is 1. The molecule has 2 heteroatoms. The van der Waals surface area contributed by atoms with Crippen LogP contribution < -0.4 is 4.90 Å². The van der Waals surface area contributed by atoms with Gasteiger partial charge in [0.05, 0.1) is 16.7 Å². The molecule has 2 nitrogen and oxygen atoms in total. The molecule has 0 spiro atoms. The molecule has 0 atom stereocenters. The highest BCUT2D eigenvalue weighted by molar-refractivity contribution is 6.16. The summed E-state index contributed by atoms with van der Waals surface area (Å²) in [7, 11) is 0. The Hall–Kier alpha value is -7.42. The Kier molecular flexibility index (Phi) is 8.55. The molecule has 9 aromatic carbocycles. The van der Waals surface area contributed by atoms with Gasteiger partial charge in [-0.25, -0.2) is 0 Å². The fraction of sp³-hybridized carbons (Fsp3) is 0. The van der Waals surface area contributed by atoms with Crippen LogP contribution in [0.4, 0.5) is 17.1 Å². The Balaban J connectivity index is 1.10. The molecular weight excluding hydrogens is 677 g/mol. The van der Waals surface area contributed by atoms with E-state index in [1.807, 2.05) is 0 Å². The normalized spacial score (nSPS) is 11.2. The van der Waals surface area contributed by atoms with Gasteiger partial charge in [-0.15, -0.1) is 0 Å². The van der Waals surface area contributed by atoms with Gasteiger partial charge >= 0.3 is 0 Å². The van der Waals surface area contributed by atoms with Crippen molar-refractivity contribution in [2.24, 2.45) is 0 Å². The maximum Gasteiger partial charge on any atom is 0.0562 e. The third kappa shape index (κ3) is 6.14. The zero-order valence-corrected chi connectivity index (χ0v) is 30.8. The first kappa shape index (κ1) is 33.2. The van der Waals surface area contributed by atoms with Gasteiger partial charge in [0.15, 0.2) is 0 Å². The average molecular weight is 715 g/mol. The minimum atomic E-state index is 1.10. The van der Waals surface area contributed by atoms with E-state index >= 15 is 0 Å². The Bertz CT molecular complexity index is 2890. The van der Waals surface area contributed by atoms with Crippen LogP contribution in [-0.2, 0) is 0 Å². The smallest absolute Gasteiger partial charge is 0.0562 e. The number of benzene rings is 9. The first-order valence-corrected chi connectivity index (χ1v) is 19.2. The molecule has 10 rings (SSSR count). The fourth-order valence-corrected chi connectivity index (χ4v) is 8.05. The predicted molar refractivity (Wildman–Crippen MR) is 237 cm³/mol. The van der Waals surface area contributed by atoms with Gasteiger partial charge in [-0.05, 0) is 99.1 Å². The lowest BCUT2D eigenvalue weighted by Gasteiger charge is -2.27. The van der Waals surface area contributed by atoms with Gasteiger partial charge in [-0.2, -0.15) is 0 Å². The summed E-state index contributed by atoms with van der Waals surface area (Å²) in [6.45, 7) is 0. The van der Waals surface area contributed by atoms with Crippen molar-refractivity contribution in [3.8, 4) is 50.2 Å². The molecule has 0 unspecified atom stereocenters. The summed E-state index contributed by atoms with van der Waals surface area (Å²) < 4.78 is 2.40. The number of fused-ring (bicyclic) bond motifs is 3. The van der Waals surface area contributed by atoms with Gasteiger partial charge in [0.1, 0.15) is 0 Å². The summed E-state index contributed by atoms with van der Waals surface area (Å²) in [6.07, 6.45) is 0. The van der Waals surface area contributed by atoms with E-state index in [1.54, 1.807) is 0 Å². The number of hydrogen-bond donors (Lipinski definition) is 0. The van der Waals surface area contributed by atoms with E-state index in [0.29, 0.717) is 0 Å². The molecule has 0 saturated heterocycles. The van der Waals surface area contributed by atoms with E-state index in [2.05, 4.69) is 240 Å². The first-order chi connectivity index (χ1) is 27.8. The van der Waals surface area contributed by atoms with Crippen molar-refractivity contribution in [1.29, 1.82) is 0 Å². The van der Waals surface area contributed by atoms with Crippen molar-refractivity contribution in [1.82, 2.24) is 4.57 Å². The molecular formula is C54H38N2. The lowest BCUT2D eigenvalue weighted by molar-refractivity contribution is 1.18. The van der Waals surface area contributed by atoms with Crippen molar-refractivity contribution < 1.29 is 0 Å². The quantitative estimate of drug-likeness (QED) is 0.152. The molecule has 0 N–H and O–H groups in total. The minimum absolute atomic E-state index is 1.10. The van der Waals surface area contributed by atoms with Gasteiger partial charge in [0.25, 0.3) is 0 Å². The molecule has 0 radical (unpaired) electrons. The van der Waals surface area contributed by atoms with Gasteiger partial charge in [0, 0.05) is 27.8 Å². The third-order valence-corrected chi connectivity index (χ3v) is 10.8. The highest BCUT2D eigenvalue weighted by Gasteiger charge is 2.21. The topological polar surface area (TPSA) is 8.17 Å².